The summed E-state index contributed by atoms with van der Waals surface area (Å²) in [5, 5.41) is 6.10. The van der Waals surface area contributed by atoms with E-state index in [1.807, 2.05) is 0 Å². The van der Waals surface area contributed by atoms with Crippen molar-refractivity contribution < 1.29 is 23.0 Å². The van der Waals surface area contributed by atoms with Crippen LogP contribution in [0.5, 0.6) is 5.75 Å². The molecule has 150 valence electrons. The highest BCUT2D eigenvalue weighted by Crippen LogP contribution is 2.21. The third kappa shape index (κ3) is 7.38. The zero-order valence-electron chi connectivity index (χ0n) is 15.6. The number of nitrogens with zero attached hydrogens (tertiary/aromatic N) is 2. The van der Waals surface area contributed by atoms with Crippen LogP contribution in [0, 0.1) is 0 Å². The number of carbonyl (C=O) groups excluding carboxylic acids is 1. The Labute approximate surface area is 157 Å². The van der Waals surface area contributed by atoms with Crippen molar-refractivity contribution in [2.75, 3.05) is 33.8 Å². The molecular weight excluding hydrogens is 358 g/mol. The van der Waals surface area contributed by atoms with Gasteiger partial charge in [-0.1, -0.05) is 18.2 Å². The van der Waals surface area contributed by atoms with Crippen LogP contribution < -0.4 is 15.4 Å². The van der Waals surface area contributed by atoms with Gasteiger partial charge in [-0.15, -0.1) is 0 Å². The van der Waals surface area contributed by atoms with Gasteiger partial charge in [-0.25, -0.2) is 4.99 Å². The zero-order chi connectivity index (χ0) is 19.6. The van der Waals surface area contributed by atoms with Crippen LogP contribution in [-0.2, 0) is 16.1 Å². The van der Waals surface area contributed by atoms with Crippen molar-refractivity contribution in [3.63, 3.8) is 0 Å². The van der Waals surface area contributed by atoms with Crippen molar-refractivity contribution in [3.05, 3.63) is 29.8 Å². The molecule has 0 aromatic heterocycles. The number of carbonyl (C=O) groups is 1. The number of nitrogens with one attached hydrogen (secondary N) is 2. The van der Waals surface area contributed by atoms with Gasteiger partial charge in [-0.2, -0.15) is 8.78 Å². The molecule has 1 aromatic carbocycles. The first-order valence-electron chi connectivity index (χ1n) is 8.82. The largest absolute Gasteiger partial charge is 0.434 e. The van der Waals surface area contributed by atoms with E-state index in [4.69, 9.17) is 4.74 Å². The molecule has 7 nitrogen and oxygen atoms in total. The molecule has 1 saturated heterocycles. The predicted octanol–water partition coefficient (Wildman–Crippen LogP) is 1.59. The fourth-order valence-electron chi connectivity index (χ4n) is 2.52. The Morgan fingerprint density at radius 1 is 1.37 bits per heavy atom. The van der Waals surface area contributed by atoms with Gasteiger partial charge in [0.25, 0.3) is 0 Å². The molecule has 0 saturated carbocycles. The lowest BCUT2D eigenvalue weighted by Crippen LogP contribution is -2.45. The van der Waals surface area contributed by atoms with Crippen molar-refractivity contribution in [1.29, 1.82) is 0 Å². The number of aliphatic imine (C=N–C) groups is 1. The molecule has 1 amide bonds. The number of amides is 1. The van der Waals surface area contributed by atoms with Gasteiger partial charge < -0.3 is 25.0 Å². The summed E-state index contributed by atoms with van der Waals surface area (Å²) in [5.74, 6) is 0.384. The fraction of sp³-hybridized carbons (Fsp3) is 0.556. The summed E-state index contributed by atoms with van der Waals surface area (Å²) in [6, 6.07) is 6.49. The summed E-state index contributed by atoms with van der Waals surface area (Å²) in [7, 11) is 3.33. The van der Waals surface area contributed by atoms with Gasteiger partial charge in [-0.05, 0) is 18.9 Å². The third-order valence-corrected chi connectivity index (χ3v) is 4.02. The molecule has 1 fully saturated rings. The summed E-state index contributed by atoms with van der Waals surface area (Å²) >= 11 is 0. The minimum Gasteiger partial charge on any atom is -0.434 e. The van der Waals surface area contributed by atoms with E-state index in [0.29, 0.717) is 18.1 Å². The number of para-hydroxylation sites is 1. The summed E-state index contributed by atoms with van der Waals surface area (Å²) in [5.41, 5.74) is 0.523. The van der Waals surface area contributed by atoms with Crippen LogP contribution in [-0.4, -0.2) is 63.3 Å². The van der Waals surface area contributed by atoms with Gasteiger partial charge in [0, 0.05) is 32.8 Å². The summed E-state index contributed by atoms with van der Waals surface area (Å²) in [4.78, 5) is 17.7. The number of guanidine groups is 1. The number of halogens is 2. The molecule has 2 rings (SSSR count). The molecule has 1 heterocycles. The second-order valence-corrected chi connectivity index (χ2v) is 6.31. The van der Waals surface area contributed by atoms with Crippen molar-refractivity contribution in [3.8, 4) is 5.75 Å². The third-order valence-electron chi connectivity index (χ3n) is 4.02. The number of likely N-dealkylation sites (N-methyl/N-ethyl adjacent to an activating group) is 1. The lowest BCUT2D eigenvalue weighted by molar-refractivity contribution is -0.127. The molecule has 0 bridgehead atoms. The smallest absolute Gasteiger partial charge is 0.387 e. The van der Waals surface area contributed by atoms with Crippen molar-refractivity contribution in [2.24, 2.45) is 4.99 Å². The van der Waals surface area contributed by atoms with Crippen LogP contribution >= 0.6 is 0 Å². The molecule has 1 unspecified atom stereocenters. The van der Waals surface area contributed by atoms with Crippen LogP contribution in [0.15, 0.2) is 29.3 Å². The minimum atomic E-state index is -2.90. The quantitative estimate of drug-likeness (QED) is 0.526. The van der Waals surface area contributed by atoms with E-state index in [2.05, 4.69) is 20.4 Å². The van der Waals surface area contributed by atoms with E-state index in [-0.39, 0.29) is 30.9 Å². The lowest BCUT2D eigenvalue weighted by atomic mass is 10.2. The molecule has 0 spiro atoms. The Hall–Kier alpha value is -2.42. The number of rotatable bonds is 8. The number of alkyl halides is 2. The summed E-state index contributed by atoms with van der Waals surface area (Å²) < 4.78 is 35.2. The SMILES string of the molecule is CN(C)C(=O)CNC(=NCc1ccccc1OC(F)F)NCC1CCCO1. The molecule has 1 aliphatic heterocycles. The number of ether oxygens (including phenoxy) is 2. The predicted molar refractivity (Wildman–Crippen MR) is 97.9 cm³/mol. The first kappa shape index (κ1) is 20.9. The van der Waals surface area contributed by atoms with E-state index in [1.54, 1.807) is 32.3 Å². The highest BCUT2D eigenvalue weighted by Gasteiger charge is 2.16. The minimum absolute atomic E-state index is 0.0690. The van der Waals surface area contributed by atoms with Crippen LogP contribution in [0.4, 0.5) is 8.78 Å². The highest BCUT2D eigenvalue weighted by molar-refractivity contribution is 5.86. The second kappa shape index (κ2) is 10.7. The van der Waals surface area contributed by atoms with Gasteiger partial charge >= 0.3 is 6.61 Å². The standard InChI is InChI=1S/C18H26F2N4O3/c1-24(2)16(25)12-23-18(22-11-14-7-5-9-26-14)21-10-13-6-3-4-8-15(13)27-17(19)20/h3-4,6,8,14,17H,5,7,9-12H2,1-2H3,(H2,21,22,23). The molecule has 0 radical (unpaired) electrons. The summed E-state index contributed by atoms with van der Waals surface area (Å²) in [6.45, 7) is -1.41. The molecule has 1 aromatic rings. The van der Waals surface area contributed by atoms with Crippen molar-refractivity contribution in [2.45, 2.75) is 32.1 Å². The Morgan fingerprint density at radius 3 is 2.81 bits per heavy atom. The van der Waals surface area contributed by atoms with Gasteiger partial charge in [0.1, 0.15) is 5.75 Å². The normalized spacial score (nSPS) is 17.1. The van der Waals surface area contributed by atoms with E-state index < -0.39 is 6.61 Å². The summed E-state index contributed by atoms with van der Waals surface area (Å²) in [6.07, 6.45) is 2.07. The van der Waals surface area contributed by atoms with Crippen LogP contribution in [0.25, 0.3) is 0 Å². The molecule has 0 aliphatic carbocycles. The Kier molecular flexibility index (Phi) is 8.25. The molecule has 27 heavy (non-hydrogen) atoms. The van der Waals surface area contributed by atoms with Crippen LogP contribution in [0.1, 0.15) is 18.4 Å². The topological polar surface area (TPSA) is 75.2 Å². The van der Waals surface area contributed by atoms with E-state index in [0.717, 1.165) is 19.4 Å². The van der Waals surface area contributed by atoms with Crippen LogP contribution in [0.2, 0.25) is 0 Å². The molecule has 9 heteroatoms. The number of hydrogen-bond acceptors (Lipinski definition) is 4. The van der Waals surface area contributed by atoms with Crippen LogP contribution in [0.3, 0.4) is 0 Å². The number of benzene rings is 1. The van der Waals surface area contributed by atoms with Gasteiger partial charge in [-0.3, -0.25) is 4.79 Å². The van der Waals surface area contributed by atoms with Crippen molar-refractivity contribution in [1.82, 2.24) is 15.5 Å². The molecule has 1 atom stereocenters. The molecular formula is C18H26F2N4O3. The average molecular weight is 384 g/mol. The van der Waals surface area contributed by atoms with Gasteiger partial charge in [0.15, 0.2) is 5.96 Å². The monoisotopic (exact) mass is 384 g/mol. The molecule has 1 aliphatic rings. The maximum absolute atomic E-state index is 12.5. The van der Waals surface area contributed by atoms with Crippen molar-refractivity contribution >= 4 is 11.9 Å². The van der Waals surface area contributed by atoms with Gasteiger partial charge in [0.05, 0.1) is 19.2 Å². The second-order valence-electron chi connectivity index (χ2n) is 6.31. The van der Waals surface area contributed by atoms with E-state index in [1.165, 1.54) is 11.0 Å². The Bertz CT molecular complexity index is 635. The number of hydrogen-bond donors (Lipinski definition) is 2. The maximum atomic E-state index is 12.5. The lowest BCUT2D eigenvalue weighted by Gasteiger charge is -2.17. The maximum Gasteiger partial charge on any atom is 0.387 e. The first-order valence-corrected chi connectivity index (χ1v) is 8.82. The highest BCUT2D eigenvalue weighted by atomic mass is 19.3. The first-order chi connectivity index (χ1) is 13.0. The molecule has 2 N–H and O–H groups in total. The average Bonchev–Trinajstić information content (AvgIpc) is 3.15. The van der Waals surface area contributed by atoms with E-state index >= 15 is 0 Å². The van der Waals surface area contributed by atoms with E-state index in [9.17, 15) is 13.6 Å². The Morgan fingerprint density at radius 2 is 2.15 bits per heavy atom. The van der Waals surface area contributed by atoms with Gasteiger partial charge in [0.2, 0.25) is 5.91 Å². The Balaban J connectivity index is 2.02. The zero-order valence-corrected chi connectivity index (χ0v) is 15.6. The fourth-order valence-corrected chi connectivity index (χ4v) is 2.52.